The molecule has 0 saturated carbocycles. The summed E-state index contributed by atoms with van der Waals surface area (Å²) in [5.41, 5.74) is 3.07. The van der Waals surface area contributed by atoms with Crippen molar-refractivity contribution in [3.8, 4) is 0 Å². The number of carbonyl (C=O) groups excluding carboxylic acids is 2. The van der Waals surface area contributed by atoms with Crippen LogP contribution >= 0.6 is 11.6 Å². The van der Waals surface area contributed by atoms with Gasteiger partial charge in [-0.05, 0) is 48.2 Å². The maximum Gasteiger partial charge on any atom is 0.243 e. The summed E-state index contributed by atoms with van der Waals surface area (Å²) >= 11 is 5.81. The van der Waals surface area contributed by atoms with E-state index in [9.17, 15) is 9.59 Å². The lowest BCUT2D eigenvalue weighted by Gasteiger charge is -2.17. The molecule has 5 heteroatoms. The van der Waals surface area contributed by atoms with E-state index in [1.165, 1.54) is 10.5 Å². The molecular weight excluding hydrogens is 336 g/mol. The first-order chi connectivity index (χ1) is 12.0. The highest BCUT2D eigenvalue weighted by Gasteiger charge is 2.13. The summed E-state index contributed by atoms with van der Waals surface area (Å²) < 4.78 is 0. The highest BCUT2D eigenvalue weighted by molar-refractivity contribution is 6.30. The van der Waals surface area contributed by atoms with E-state index in [0.717, 1.165) is 12.0 Å². The molecule has 0 fully saturated rings. The zero-order valence-corrected chi connectivity index (χ0v) is 15.3. The number of aryl methyl sites for hydroxylation is 2. The second-order valence-electron chi connectivity index (χ2n) is 5.97. The Hall–Kier alpha value is -2.33. The van der Waals surface area contributed by atoms with Crippen molar-refractivity contribution in [2.75, 3.05) is 18.9 Å². The van der Waals surface area contributed by atoms with Crippen molar-refractivity contribution >= 4 is 29.1 Å². The Morgan fingerprint density at radius 1 is 1.00 bits per heavy atom. The third-order valence-corrected chi connectivity index (χ3v) is 4.25. The first-order valence-corrected chi connectivity index (χ1v) is 8.73. The van der Waals surface area contributed by atoms with Crippen molar-refractivity contribution in [2.45, 2.75) is 26.2 Å². The number of nitrogens with zero attached hydrogens (tertiary/aromatic N) is 1. The Labute approximate surface area is 153 Å². The molecule has 2 amide bonds. The van der Waals surface area contributed by atoms with Crippen LogP contribution in [0.25, 0.3) is 0 Å². The average molecular weight is 359 g/mol. The first kappa shape index (κ1) is 19.0. The molecule has 0 aromatic heterocycles. The van der Waals surface area contributed by atoms with Gasteiger partial charge in [0.15, 0.2) is 0 Å². The number of rotatable bonds is 7. The highest BCUT2D eigenvalue weighted by atomic mass is 35.5. The lowest BCUT2D eigenvalue weighted by atomic mass is 10.1. The van der Waals surface area contributed by atoms with Crippen LogP contribution in [-0.2, 0) is 22.4 Å². The number of nitrogens with one attached hydrogen (secondary N) is 1. The molecule has 2 aromatic carbocycles. The van der Waals surface area contributed by atoms with Crippen LogP contribution in [0, 0.1) is 0 Å². The number of carbonyl (C=O) groups is 2. The van der Waals surface area contributed by atoms with Gasteiger partial charge in [0.05, 0.1) is 6.54 Å². The van der Waals surface area contributed by atoms with Crippen LogP contribution in [0.5, 0.6) is 0 Å². The minimum atomic E-state index is -0.231. The fourth-order valence-electron chi connectivity index (χ4n) is 2.42. The number of amides is 2. The van der Waals surface area contributed by atoms with Gasteiger partial charge in [0.2, 0.25) is 11.8 Å². The molecule has 2 aromatic rings. The van der Waals surface area contributed by atoms with Gasteiger partial charge < -0.3 is 10.2 Å². The summed E-state index contributed by atoms with van der Waals surface area (Å²) in [7, 11) is 1.64. The lowest BCUT2D eigenvalue weighted by Crippen LogP contribution is -2.35. The molecular formula is C20H23ClN2O2. The standard InChI is InChI=1S/C20H23ClN2O2/c1-3-15-4-6-16(7-5-15)8-13-20(25)23(2)14-19(24)22-18-11-9-17(21)10-12-18/h4-7,9-12H,3,8,13-14H2,1-2H3,(H,22,24). The molecule has 2 rings (SSSR count). The van der Waals surface area contributed by atoms with Gasteiger partial charge in [0.25, 0.3) is 0 Å². The predicted octanol–water partition coefficient (Wildman–Crippen LogP) is 3.93. The molecule has 132 valence electrons. The quantitative estimate of drug-likeness (QED) is 0.815. The zero-order valence-electron chi connectivity index (χ0n) is 14.6. The van der Waals surface area contributed by atoms with E-state index < -0.39 is 0 Å². The smallest absolute Gasteiger partial charge is 0.243 e. The molecule has 0 aliphatic carbocycles. The summed E-state index contributed by atoms with van der Waals surface area (Å²) in [4.78, 5) is 25.7. The summed E-state index contributed by atoms with van der Waals surface area (Å²) in [5.74, 6) is -0.281. The SMILES string of the molecule is CCc1ccc(CCC(=O)N(C)CC(=O)Nc2ccc(Cl)cc2)cc1. The monoisotopic (exact) mass is 358 g/mol. The van der Waals surface area contributed by atoms with E-state index in [2.05, 4.69) is 36.5 Å². The number of benzene rings is 2. The van der Waals surface area contributed by atoms with Crippen molar-refractivity contribution in [3.05, 3.63) is 64.7 Å². The van der Waals surface area contributed by atoms with Crippen molar-refractivity contribution in [3.63, 3.8) is 0 Å². The van der Waals surface area contributed by atoms with Gasteiger partial charge in [0.1, 0.15) is 0 Å². The second kappa shape index (κ2) is 9.23. The molecule has 0 atom stereocenters. The van der Waals surface area contributed by atoms with Crippen LogP contribution in [0.3, 0.4) is 0 Å². The highest BCUT2D eigenvalue weighted by Crippen LogP contribution is 2.13. The number of anilines is 1. The van der Waals surface area contributed by atoms with Crippen LogP contribution < -0.4 is 5.32 Å². The Balaban J connectivity index is 1.78. The summed E-state index contributed by atoms with van der Waals surface area (Å²) in [5, 5.41) is 3.36. The largest absolute Gasteiger partial charge is 0.336 e. The van der Waals surface area contributed by atoms with Crippen LogP contribution in [0.15, 0.2) is 48.5 Å². The van der Waals surface area contributed by atoms with Crippen LogP contribution in [-0.4, -0.2) is 30.3 Å². The van der Waals surface area contributed by atoms with Gasteiger partial charge in [0, 0.05) is 24.2 Å². The lowest BCUT2D eigenvalue weighted by molar-refractivity contribution is -0.133. The third kappa shape index (κ3) is 6.24. The van der Waals surface area contributed by atoms with Crippen LogP contribution in [0.2, 0.25) is 5.02 Å². The van der Waals surface area contributed by atoms with E-state index in [-0.39, 0.29) is 18.4 Å². The molecule has 0 heterocycles. The molecule has 0 aliphatic rings. The average Bonchev–Trinajstić information content (AvgIpc) is 2.62. The van der Waals surface area contributed by atoms with Gasteiger partial charge in [-0.1, -0.05) is 42.8 Å². The maximum atomic E-state index is 12.2. The molecule has 4 nitrogen and oxygen atoms in total. The van der Waals surface area contributed by atoms with Crippen molar-refractivity contribution in [1.82, 2.24) is 4.90 Å². The van der Waals surface area contributed by atoms with Gasteiger partial charge in [-0.25, -0.2) is 0 Å². The Morgan fingerprint density at radius 2 is 1.60 bits per heavy atom. The molecule has 0 saturated heterocycles. The van der Waals surface area contributed by atoms with E-state index in [0.29, 0.717) is 23.6 Å². The molecule has 0 spiro atoms. The van der Waals surface area contributed by atoms with Gasteiger partial charge in [-0.2, -0.15) is 0 Å². The Morgan fingerprint density at radius 3 is 2.20 bits per heavy atom. The fourth-order valence-corrected chi connectivity index (χ4v) is 2.55. The van der Waals surface area contributed by atoms with E-state index >= 15 is 0 Å². The summed E-state index contributed by atoms with van der Waals surface area (Å²) in [6.07, 6.45) is 2.06. The molecule has 0 aliphatic heterocycles. The molecule has 25 heavy (non-hydrogen) atoms. The van der Waals surface area contributed by atoms with Gasteiger partial charge in [-0.3, -0.25) is 9.59 Å². The molecule has 0 unspecified atom stereocenters. The van der Waals surface area contributed by atoms with Crippen LogP contribution in [0.1, 0.15) is 24.5 Å². The van der Waals surface area contributed by atoms with Crippen LogP contribution in [0.4, 0.5) is 5.69 Å². The fraction of sp³-hybridized carbons (Fsp3) is 0.300. The Bertz CT molecular complexity index is 711. The van der Waals surface area contributed by atoms with Crippen molar-refractivity contribution in [1.29, 1.82) is 0 Å². The number of halogens is 1. The predicted molar refractivity (Wildman–Crippen MR) is 102 cm³/mol. The summed E-state index contributed by atoms with van der Waals surface area (Å²) in [6.45, 7) is 2.14. The van der Waals surface area contributed by atoms with Crippen molar-refractivity contribution in [2.24, 2.45) is 0 Å². The molecule has 0 bridgehead atoms. The topological polar surface area (TPSA) is 49.4 Å². The minimum absolute atomic E-state index is 0.0240. The van der Waals surface area contributed by atoms with Gasteiger partial charge >= 0.3 is 0 Å². The van der Waals surface area contributed by atoms with E-state index in [1.54, 1.807) is 31.3 Å². The number of likely N-dealkylation sites (N-methyl/N-ethyl adjacent to an activating group) is 1. The van der Waals surface area contributed by atoms with E-state index in [4.69, 9.17) is 11.6 Å². The third-order valence-electron chi connectivity index (χ3n) is 3.99. The summed E-state index contributed by atoms with van der Waals surface area (Å²) in [6, 6.07) is 15.1. The second-order valence-corrected chi connectivity index (χ2v) is 6.41. The minimum Gasteiger partial charge on any atom is -0.336 e. The zero-order chi connectivity index (χ0) is 18.2. The number of hydrogen-bond acceptors (Lipinski definition) is 2. The first-order valence-electron chi connectivity index (χ1n) is 8.35. The van der Waals surface area contributed by atoms with Gasteiger partial charge in [-0.15, -0.1) is 0 Å². The van der Waals surface area contributed by atoms with Crippen molar-refractivity contribution < 1.29 is 9.59 Å². The molecule has 1 N–H and O–H groups in total. The normalized spacial score (nSPS) is 10.4. The maximum absolute atomic E-state index is 12.2. The van der Waals surface area contributed by atoms with E-state index in [1.807, 2.05) is 0 Å². The Kier molecular flexibility index (Phi) is 7.02. The number of hydrogen-bond donors (Lipinski definition) is 1. The molecule has 0 radical (unpaired) electrons.